The van der Waals surface area contributed by atoms with Crippen LogP contribution in [0.3, 0.4) is 0 Å². The highest BCUT2D eigenvalue weighted by molar-refractivity contribution is 6.30. The molecule has 0 unspecified atom stereocenters. The van der Waals surface area contributed by atoms with Gasteiger partial charge in [-0.2, -0.15) is 0 Å². The Bertz CT molecular complexity index is 866. The Balaban J connectivity index is 2.67. The number of nitrogens with zero attached hydrogens (tertiary/aromatic N) is 4. The number of hydrogen-bond donors (Lipinski definition) is 0. The van der Waals surface area contributed by atoms with Gasteiger partial charge in [-0.05, 0) is 44.0 Å². The van der Waals surface area contributed by atoms with Crippen molar-refractivity contribution in [2.45, 2.75) is 20.8 Å². The van der Waals surface area contributed by atoms with E-state index in [9.17, 15) is 4.79 Å². The molecular formula is C22H28N4O. The summed E-state index contributed by atoms with van der Waals surface area (Å²) >= 11 is 0. The predicted molar refractivity (Wildman–Crippen MR) is 115 cm³/mol. The van der Waals surface area contributed by atoms with Gasteiger partial charge >= 0.3 is 0 Å². The van der Waals surface area contributed by atoms with E-state index < -0.39 is 0 Å². The summed E-state index contributed by atoms with van der Waals surface area (Å²) in [6, 6.07) is 7.89. The lowest BCUT2D eigenvalue weighted by Gasteiger charge is -2.14. The first kappa shape index (κ1) is 20.4. The van der Waals surface area contributed by atoms with Crippen molar-refractivity contribution in [2.75, 3.05) is 33.1 Å². The molecule has 0 saturated carbocycles. The summed E-state index contributed by atoms with van der Waals surface area (Å²) in [5.41, 5.74) is 5.87. The molecule has 0 amide bonds. The molecule has 0 N–H and O–H groups in total. The number of aldehydes is 1. The number of aliphatic imine (C=N–C) groups is 2. The predicted octanol–water partition coefficient (Wildman–Crippen LogP) is 3.95. The van der Waals surface area contributed by atoms with E-state index in [0.29, 0.717) is 17.2 Å². The number of rotatable bonds is 5. The minimum absolute atomic E-state index is 0.541. The quantitative estimate of drug-likeness (QED) is 0.452. The minimum atomic E-state index is 0.541. The third kappa shape index (κ3) is 4.25. The van der Waals surface area contributed by atoms with Crippen LogP contribution in [-0.4, -0.2) is 51.0 Å². The van der Waals surface area contributed by atoms with E-state index in [4.69, 9.17) is 4.99 Å². The molecule has 1 aliphatic rings. The molecule has 0 aliphatic carbocycles. The maximum Gasteiger partial charge on any atom is 0.226 e. The van der Waals surface area contributed by atoms with Crippen LogP contribution in [0.2, 0.25) is 0 Å². The van der Waals surface area contributed by atoms with E-state index >= 15 is 0 Å². The Hall–Kier alpha value is -2.95. The van der Waals surface area contributed by atoms with Crippen molar-refractivity contribution < 1.29 is 4.79 Å². The van der Waals surface area contributed by atoms with Crippen LogP contribution in [0.25, 0.3) is 5.57 Å². The number of carbonyl (C=O) groups excluding carboxylic acids is 1. The largest absolute Gasteiger partial charge is 0.378 e. The van der Waals surface area contributed by atoms with Crippen LogP contribution in [0.5, 0.6) is 0 Å². The molecule has 5 heteroatoms. The topological polar surface area (TPSA) is 48.3 Å². The molecule has 5 nitrogen and oxygen atoms in total. The van der Waals surface area contributed by atoms with Gasteiger partial charge in [0.05, 0.1) is 0 Å². The van der Waals surface area contributed by atoms with Crippen molar-refractivity contribution in [3.05, 3.63) is 58.8 Å². The highest BCUT2D eigenvalue weighted by Crippen LogP contribution is 2.29. The number of benzene rings is 1. The van der Waals surface area contributed by atoms with E-state index in [1.807, 2.05) is 95.2 Å². The number of guanidine groups is 1. The maximum absolute atomic E-state index is 12.0. The smallest absolute Gasteiger partial charge is 0.226 e. The van der Waals surface area contributed by atoms with Gasteiger partial charge in [-0.1, -0.05) is 24.3 Å². The third-order valence-corrected chi connectivity index (χ3v) is 4.52. The number of allylic oxidation sites excluding steroid dienone is 5. The van der Waals surface area contributed by atoms with Gasteiger partial charge in [0.1, 0.15) is 11.4 Å². The van der Waals surface area contributed by atoms with Crippen molar-refractivity contribution in [2.24, 2.45) is 9.98 Å². The molecule has 0 atom stereocenters. The highest BCUT2D eigenvalue weighted by Gasteiger charge is 2.25. The Kier molecular flexibility index (Phi) is 6.50. The van der Waals surface area contributed by atoms with Crippen LogP contribution < -0.4 is 4.90 Å². The molecule has 0 bridgehead atoms. The Morgan fingerprint density at radius 1 is 0.926 bits per heavy atom. The van der Waals surface area contributed by atoms with Gasteiger partial charge in [-0.15, -0.1) is 0 Å². The molecule has 2 rings (SSSR count). The van der Waals surface area contributed by atoms with Gasteiger partial charge in [0.25, 0.3) is 0 Å². The van der Waals surface area contributed by atoms with Crippen molar-refractivity contribution in [1.29, 1.82) is 0 Å². The minimum Gasteiger partial charge on any atom is -0.378 e. The molecule has 142 valence electrons. The first-order valence-corrected chi connectivity index (χ1v) is 8.96. The Morgan fingerprint density at radius 2 is 1.56 bits per heavy atom. The van der Waals surface area contributed by atoms with E-state index in [1.165, 1.54) is 0 Å². The Morgan fingerprint density at radius 3 is 2.00 bits per heavy atom. The van der Waals surface area contributed by atoms with E-state index in [2.05, 4.69) is 4.99 Å². The molecule has 0 radical (unpaired) electrons. The standard InChI is InChI=1S/C22H28N4O/c1-8-15(3)18(9-2)20-21(24-22(23-20)26(6)7)19(14-27)16-10-12-17(13-11-16)25(4)5/h8-14H,1-7H3/b15-8-,18-9+,21-19-. The lowest BCUT2D eigenvalue weighted by molar-refractivity contribution is -0.103. The van der Waals surface area contributed by atoms with Crippen molar-refractivity contribution in [3.63, 3.8) is 0 Å². The van der Waals surface area contributed by atoms with Crippen LogP contribution in [0.15, 0.2) is 63.2 Å². The van der Waals surface area contributed by atoms with E-state index in [1.54, 1.807) is 0 Å². The lowest BCUT2D eigenvalue weighted by Crippen LogP contribution is -2.18. The molecule has 1 heterocycles. The SMILES string of the molecule is C/C=C(C)\C(=C/C)C1=NC(N(C)C)=N/C1=C(/C=O)c1ccc(N(C)C)cc1. The van der Waals surface area contributed by atoms with Gasteiger partial charge in [0.15, 0.2) is 6.29 Å². The molecule has 1 aromatic rings. The summed E-state index contributed by atoms with van der Waals surface area (Å²) in [4.78, 5) is 25.3. The summed E-state index contributed by atoms with van der Waals surface area (Å²) in [6.45, 7) is 6.00. The second-order valence-electron chi connectivity index (χ2n) is 6.76. The zero-order valence-corrected chi connectivity index (χ0v) is 17.2. The van der Waals surface area contributed by atoms with Crippen LogP contribution in [-0.2, 0) is 4.79 Å². The van der Waals surface area contributed by atoms with Gasteiger partial charge in [0.2, 0.25) is 5.96 Å². The van der Waals surface area contributed by atoms with Crippen LogP contribution in [0.1, 0.15) is 26.3 Å². The first-order valence-electron chi connectivity index (χ1n) is 8.96. The van der Waals surface area contributed by atoms with Crippen LogP contribution >= 0.6 is 0 Å². The molecule has 0 saturated heterocycles. The fraction of sp³-hybridized carbons (Fsp3) is 0.318. The highest BCUT2D eigenvalue weighted by atomic mass is 16.1. The molecule has 1 aliphatic heterocycles. The molecule has 1 aromatic carbocycles. The molecular weight excluding hydrogens is 336 g/mol. The normalized spacial score (nSPS) is 16.7. The molecule has 0 fully saturated rings. The monoisotopic (exact) mass is 364 g/mol. The molecule has 27 heavy (non-hydrogen) atoms. The molecule has 0 spiro atoms. The average Bonchev–Trinajstić information content (AvgIpc) is 3.08. The number of hydrogen-bond acceptors (Lipinski definition) is 5. The number of carbonyl (C=O) groups is 1. The van der Waals surface area contributed by atoms with Gasteiger partial charge in [0, 0.05) is 45.0 Å². The third-order valence-electron chi connectivity index (χ3n) is 4.52. The summed E-state index contributed by atoms with van der Waals surface area (Å²) in [5.74, 6) is 0.590. The summed E-state index contributed by atoms with van der Waals surface area (Å²) < 4.78 is 0. The van der Waals surface area contributed by atoms with Gasteiger partial charge in [-0.3, -0.25) is 4.79 Å². The molecule has 0 aromatic heterocycles. The summed E-state index contributed by atoms with van der Waals surface area (Å²) in [6.07, 6.45) is 4.92. The van der Waals surface area contributed by atoms with Gasteiger partial charge < -0.3 is 9.80 Å². The van der Waals surface area contributed by atoms with Crippen LogP contribution in [0, 0.1) is 0 Å². The van der Waals surface area contributed by atoms with Crippen molar-refractivity contribution >= 4 is 29.2 Å². The van der Waals surface area contributed by atoms with Gasteiger partial charge in [-0.25, -0.2) is 9.98 Å². The lowest BCUT2D eigenvalue weighted by atomic mass is 9.95. The van der Waals surface area contributed by atoms with E-state index in [-0.39, 0.29) is 0 Å². The second kappa shape index (κ2) is 8.62. The maximum atomic E-state index is 12.0. The second-order valence-corrected chi connectivity index (χ2v) is 6.76. The zero-order valence-electron chi connectivity index (χ0n) is 17.2. The number of anilines is 1. The van der Waals surface area contributed by atoms with Crippen molar-refractivity contribution in [3.8, 4) is 0 Å². The average molecular weight is 364 g/mol. The summed E-state index contributed by atoms with van der Waals surface area (Å²) in [5, 5.41) is 0. The zero-order chi connectivity index (χ0) is 20.1. The van der Waals surface area contributed by atoms with E-state index in [0.717, 1.165) is 34.4 Å². The summed E-state index contributed by atoms with van der Waals surface area (Å²) in [7, 11) is 7.77. The van der Waals surface area contributed by atoms with Crippen molar-refractivity contribution in [1.82, 2.24) is 4.90 Å². The van der Waals surface area contributed by atoms with Crippen LogP contribution in [0.4, 0.5) is 5.69 Å². The fourth-order valence-electron chi connectivity index (χ4n) is 2.81. The fourth-order valence-corrected chi connectivity index (χ4v) is 2.81. The first-order chi connectivity index (χ1) is 12.8. The Labute approximate surface area is 162 Å².